The molecule has 0 radical (unpaired) electrons. The molecule has 0 aliphatic carbocycles. The summed E-state index contributed by atoms with van der Waals surface area (Å²) >= 11 is 0. The molecule has 1 aromatic heterocycles. The van der Waals surface area contributed by atoms with E-state index >= 15 is 0 Å². The van der Waals surface area contributed by atoms with Gasteiger partial charge in [-0.25, -0.2) is 4.79 Å². The topological polar surface area (TPSA) is 79.6 Å². The smallest absolute Gasteiger partial charge is 0.336 e. The van der Waals surface area contributed by atoms with E-state index in [0.717, 1.165) is 48.1 Å². The van der Waals surface area contributed by atoms with Gasteiger partial charge >= 0.3 is 5.63 Å². The van der Waals surface area contributed by atoms with Gasteiger partial charge < -0.3 is 33.0 Å². The third-order valence-corrected chi connectivity index (χ3v) is 6.99. The fourth-order valence-electron chi connectivity index (χ4n) is 5.24. The molecule has 0 unspecified atom stereocenters. The number of benzene rings is 2. The van der Waals surface area contributed by atoms with Crippen LogP contribution in [-0.4, -0.2) is 60.1 Å². The average molecular weight is 498 g/mol. The maximum absolute atomic E-state index is 12.6. The zero-order valence-corrected chi connectivity index (χ0v) is 21.9. The maximum Gasteiger partial charge on any atom is 0.336 e. The van der Waals surface area contributed by atoms with E-state index in [1.807, 2.05) is 25.1 Å². The second-order valence-corrected chi connectivity index (χ2v) is 9.00. The molecule has 8 nitrogen and oxygen atoms in total. The Labute approximate surface area is 211 Å². The van der Waals surface area contributed by atoms with Crippen molar-refractivity contribution in [1.82, 2.24) is 4.90 Å². The van der Waals surface area contributed by atoms with Crippen LogP contribution in [0.3, 0.4) is 0 Å². The number of methoxy groups -OCH3 is 5. The molecule has 36 heavy (non-hydrogen) atoms. The predicted octanol–water partition coefficient (Wildman–Crippen LogP) is 4.76. The lowest BCUT2D eigenvalue weighted by Gasteiger charge is -2.26. The first-order valence-electron chi connectivity index (χ1n) is 12.2. The van der Waals surface area contributed by atoms with Gasteiger partial charge in [0.25, 0.3) is 0 Å². The van der Waals surface area contributed by atoms with Crippen molar-refractivity contribution < 1.29 is 28.1 Å². The van der Waals surface area contributed by atoms with Crippen molar-refractivity contribution in [1.29, 1.82) is 0 Å². The van der Waals surface area contributed by atoms with Crippen LogP contribution in [0.25, 0.3) is 11.0 Å². The van der Waals surface area contributed by atoms with Crippen LogP contribution in [0.2, 0.25) is 0 Å². The first kappa shape index (κ1) is 25.7. The van der Waals surface area contributed by atoms with Crippen LogP contribution in [-0.2, 0) is 0 Å². The van der Waals surface area contributed by atoms with Gasteiger partial charge in [-0.3, -0.25) is 0 Å². The SMILES string of the molecule is COc1cc([C@@H](CCN2CCCC2)c2c(OC)cc(OC)c3c(C)cc(=O)oc23)cc(OC)c1OC. The molecule has 0 saturated carbocycles. The Hall–Kier alpha value is -3.39. The Balaban J connectivity index is 2.00. The Kier molecular flexibility index (Phi) is 7.94. The minimum absolute atomic E-state index is 0.187. The van der Waals surface area contributed by atoms with Crippen molar-refractivity contribution in [2.24, 2.45) is 0 Å². The van der Waals surface area contributed by atoms with E-state index in [4.69, 9.17) is 28.1 Å². The molecule has 0 amide bonds. The molecule has 2 aromatic carbocycles. The van der Waals surface area contributed by atoms with Gasteiger partial charge in [0.05, 0.1) is 40.9 Å². The number of aryl methyl sites for hydroxylation is 1. The maximum atomic E-state index is 12.6. The van der Waals surface area contributed by atoms with Gasteiger partial charge in [-0.15, -0.1) is 0 Å². The predicted molar refractivity (Wildman–Crippen MR) is 139 cm³/mol. The standard InChI is InChI=1S/C28H35NO7/c1-17-13-24(30)36-28-25(17)20(31-2)16-21(32-3)26(28)19(9-12-29-10-7-8-11-29)18-14-22(33-4)27(35-6)23(15-18)34-5/h13-16,19H,7-12H2,1-6H3/t19-/m1/s1. The number of nitrogens with zero attached hydrogens (tertiary/aromatic N) is 1. The highest BCUT2D eigenvalue weighted by atomic mass is 16.5. The zero-order valence-electron chi connectivity index (χ0n) is 21.9. The van der Waals surface area contributed by atoms with Crippen molar-refractivity contribution in [3.8, 4) is 28.7 Å². The third kappa shape index (κ3) is 4.82. The number of hydrogen-bond donors (Lipinski definition) is 0. The van der Waals surface area contributed by atoms with Crippen molar-refractivity contribution >= 4 is 11.0 Å². The van der Waals surface area contributed by atoms with Crippen molar-refractivity contribution in [2.75, 3.05) is 55.2 Å². The van der Waals surface area contributed by atoms with Crippen LogP contribution in [0.15, 0.2) is 33.5 Å². The number of likely N-dealkylation sites (tertiary alicyclic amines) is 1. The lowest BCUT2D eigenvalue weighted by atomic mass is 9.85. The van der Waals surface area contributed by atoms with Crippen LogP contribution in [0.4, 0.5) is 0 Å². The highest BCUT2D eigenvalue weighted by Crippen LogP contribution is 2.47. The summed E-state index contributed by atoms with van der Waals surface area (Å²) in [6.45, 7) is 4.93. The summed E-state index contributed by atoms with van der Waals surface area (Å²) in [7, 11) is 8.01. The van der Waals surface area contributed by atoms with Gasteiger partial charge in [-0.2, -0.15) is 0 Å². The number of hydrogen-bond acceptors (Lipinski definition) is 8. The van der Waals surface area contributed by atoms with Gasteiger partial charge in [0.1, 0.15) is 17.1 Å². The molecule has 194 valence electrons. The van der Waals surface area contributed by atoms with E-state index in [0.29, 0.717) is 34.3 Å². The molecule has 1 aliphatic rings. The molecule has 1 aliphatic heterocycles. The Bertz CT molecular complexity index is 1250. The van der Waals surface area contributed by atoms with Gasteiger partial charge in [-0.1, -0.05) is 0 Å². The summed E-state index contributed by atoms with van der Waals surface area (Å²) in [6, 6.07) is 7.27. The van der Waals surface area contributed by atoms with Gasteiger partial charge in [-0.05, 0) is 69.1 Å². The third-order valence-electron chi connectivity index (χ3n) is 6.99. The minimum Gasteiger partial charge on any atom is -0.496 e. The molecule has 1 atom stereocenters. The first-order chi connectivity index (χ1) is 17.4. The largest absolute Gasteiger partial charge is 0.496 e. The van der Waals surface area contributed by atoms with E-state index < -0.39 is 5.63 Å². The minimum atomic E-state index is -0.417. The summed E-state index contributed by atoms with van der Waals surface area (Å²) in [5.41, 5.74) is 2.57. The second-order valence-electron chi connectivity index (χ2n) is 9.00. The summed E-state index contributed by atoms with van der Waals surface area (Å²) in [5.74, 6) is 2.65. The molecule has 1 saturated heterocycles. The number of rotatable bonds is 10. The van der Waals surface area contributed by atoms with E-state index in [9.17, 15) is 4.79 Å². The highest BCUT2D eigenvalue weighted by molar-refractivity contribution is 5.92. The number of fused-ring (bicyclic) bond motifs is 1. The van der Waals surface area contributed by atoms with Crippen molar-refractivity contribution in [3.05, 3.63) is 51.4 Å². The van der Waals surface area contributed by atoms with Gasteiger partial charge in [0.15, 0.2) is 11.5 Å². The lowest BCUT2D eigenvalue weighted by Crippen LogP contribution is -2.23. The zero-order chi connectivity index (χ0) is 25.8. The second kappa shape index (κ2) is 11.1. The molecule has 4 rings (SSSR count). The average Bonchev–Trinajstić information content (AvgIpc) is 3.41. The van der Waals surface area contributed by atoms with E-state index in [1.165, 1.54) is 18.9 Å². The lowest BCUT2D eigenvalue weighted by molar-refractivity contribution is 0.318. The number of ether oxygens (including phenoxy) is 5. The fraction of sp³-hybridized carbons (Fsp3) is 0.464. The molecular formula is C28H35NO7. The molecule has 0 bridgehead atoms. The molecular weight excluding hydrogens is 462 g/mol. The Morgan fingerprint density at radius 1 is 0.833 bits per heavy atom. The monoisotopic (exact) mass is 497 g/mol. The Morgan fingerprint density at radius 3 is 2.00 bits per heavy atom. The summed E-state index contributed by atoms with van der Waals surface area (Å²) in [6.07, 6.45) is 3.18. The van der Waals surface area contributed by atoms with Crippen LogP contribution >= 0.6 is 0 Å². The van der Waals surface area contributed by atoms with Gasteiger partial charge in [0.2, 0.25) is 5.75 Å². The van der Waals surface area contributed by atoms with E-state index in [2.05, 4.69) is 4.90 Å². The van der Waals surface area contributed by atoms with Gasteiger partial charge in [0, 0.05) is 23.6 Å². The molecule has 8 heteroatoms. The molecule has 3 aromatic rings. The quantitative estimate of drug-likeness (QED) is 0.371. The Morgan fingerprint density at radius 2 is 1.44 bits per heavy atom. The molecule has 0 N–H and O–H groups in total. The molecule has 0 spiro atoms. The van der Waals surface area contributed by atoms with Crippen LogP contribution in [0.1, 0.15) is 41.9 Å². The van der Waals surface area contributed by atoms with Crippen molar-refractivity contribution in [3.63, 3.8) is 0 Å². The normalized spacial score (nSPS) is 14.6. The first-order valence-corrected chi connectivity index (χ1v) is 12.2. The summed E-state index contributed by atoms with van der Waals surface area (Å²) in [4.78, 5) is 15.0. The van der Waals surface area contributed by atoms with Crippen LogP contribution in [0, 0.1) is 6.92 Å². The summed E-state index contributed by atoms with van der Waals surface area (Å²) < 4.78 is 34.3. The summed E-state index contributed by atoms with van der Waals surface area (Å²) in [5, 5.41) is 0.756. The van der Waals surface area contributed by atoms with E-state index in [1.54, 1.807) is 35.5 Å². The van der Waals surface area contributed by atoms with Crippen molar-refractivity contribution in [2.45, 2.75) is 32.1 Å². The molecule has 1 fully saturated rings. The highest BCUT2D eigenvalue weighted by Gasteiger charge is 2.29. The molecule has 2 heterocycles. The van der Waals surface area contributed by atoms with E-state index in [-0.39, 0.29) is 5.92 Å². The van der Waals surface area contributed by atoms with Crippen LogP contribution in [0.5, 0.6) is 28.7 Å². The van der Waals surface area contributed by atoms with Crippen LogP contribution < -0.4 is 29.3 Å². The fourth-order valence-corrected chi connectivity index (χ4v) is 5.24.